The summed E-state index contributed by atoms with van der Waals surface area (Å²) in [4.78, 5) is 52.4. The van der Waals surface area contributed by atoms with Crippen LogP contribution in [0.4, 0.5) is 0 Å². The third kappa shape index (κ3) is 2.54. The fraction of sp³-hybridized carbons (Fsp3) is 0.529. The summed E-state index contributed by atoms with van der Waals surface area (Å²) in [5.74, 6) is -2.13. The maximum atomic E-state index is 12.5. The Morgan fingerprint density at radius 3 is 2.50 bits per heavy atom. The van der Waals surface area contributed by atoms with Gasteiger partial charge >= 0.3 is 29.6 Å². The topological polar surface area (TPSA) is 101 Å². The molecule has 9 heteroatoms. The van der Waals surface area contributed by atoms with Crippen LogP contribution >= 0.6 is 0 Å². The van der Waals surface area contributed by atoms with E-state index >= 15 is 0 Å². The van der Waals surface area contributed by atoms with Gasteiger partial charge in [0.25, 0.3) is 5.91 Å². The van der Waals surface area contributed by atoms with Gasteiger partial charge in [-0.15, -0.1) is 0 Å². The van der Waals surface area contributed by atoms with Crippen LogP contribution in [0.5, 0.6) is 0 Å². The number of hydrogen-bond acceptors (Lipinski definition) is 5. The fourth-order valence-corrected chi connectivity index (χ4v) is 4.50. The van der Waals surface area contributed by atoms with Gasteiger partial charge in [0.2, 0.25) is 11.8 Å². The average Bonchev–Trinajstić information content (AvgIpc) is 3.07. The molecule has 3 atom stereocenters. The largest absolute Gasteiger partial charge is 1.00 e. The first kappa shape index (κ1) is 19.1. The third-order valence-electron chi connectivity index (χ3n) is 5.67. The Hall–Kier alpha value is -1.64. The zero-order valence-corrected chi connectivity index (χ0v) is 17.0. The number of carboxylic acid groups (broad SMARTS) is 1. The van der Waals surface area contributed by atoms with Crippen LogP contribution in [0.25, 0.3) is 0 Å². The van der Waals surface area contributed by atoms with Crippen LogP contribution in [0.2, 0.25) is 0 Å². The predicted molar refractivity (Wildman–Crippen MR) is 82.3 cm³/mol. The number of aliphatic carboxylic acids is 1. The molecule has 4 aliphatic heterocycles. The Kier molecular flexibility index (Phi) is 4.79. The summed E-state index contributed by atoms with van der Waals surface area (Å²) in [5, 5.41) is 11.7. The standard InChI is InChI=1S/C17H19N3O5.Na/c1-8(21)19-7-11-6-10(5-9-3-4-18(2)15(9)22)13(17(24)25)20-12(11)14(19)16(20)23;/h5,11-12,14H,3-4,6-7H2,1-2H3,(H,24,25);/q;+1/p-1/b9-5+;/t11?,12-,14?;/m1./s1. The number of carbonyl (C=O) groups is 4. The number of rotatable bonds is 2. The Morgan fingerprint density at radius 2 is 1.96 bits per heavy atom. The van der Waals surface area contributed by atoms with Crippen molar-refractivity contribution < 1.29 is 53.8 Å². The second kappa shape index (κ2) is 6.51. The van der Waals surface area contributed by atoms with E-state index in [-0.39, 0.29) is 64.9 Å². The molecular weight excluding hydrogens is 349 g/mol. The second-order valence-electron chi connectivity index (χ2n) is 7.09. The predicted octanol–water partition coefficient (Wildman–Crippen LogP) is -4.76. The van der Waals surface area contributed by atoms with E-state index in [9.17, 15) is 24.3 Å². The van der Waals surface area contributed by atoms with Crippen molar-refractivity contribution in [3.05, 3.63) is 22.9 Å². The van der Waals surface area contributed by atoms with Crippen molar-refractivity contribution in [3.8, 4) is 0 Å². The van der Waals surface area contributed by atoms with E-state index in [1.165, 1.54) is 16.7 Å². The molecule has 0 N–H and O–H groups in total. The molecule has 26 heavy (non-hydrogen) atoms. The van der Waals surface area contributed by atoms with Crippen molar-refractivity contribution in [2.75, 3.05) is 20.1 Å². The Morgan fingerprint density at radius 1 is 1.27 bits per heavy atom. The molecule has 0 spiro atoms. The van der Waals surface area contributed by atoms with Gasteiger partial charge in [0.1, 0.15) is 6.04 Å². The van der Waals surface area contributed by atoms with Crippen molar-refractivity contribution in [1.82, 2.24) is 14.7 Å². The molecule has 0 bridgehead atoms. The van der Waals surface area contributed by atoms with E-state index < -0.39 is 12.0 Å². The molecule has 0 aromatic heterocycles. The van der Waals surface area contributed by atoms with Crippen LogP contribution in [0, 0.1) is 5.92 Å². The Bertz CT molecular complexity index is 789. The van der Waals surface area contributed by atoms with Gasteiger partial charge in [-0.25, -0.2) is 0 Å². The molecule has 2 unspecified atom stereocenters. The molecule has 3 saturated heterocycles. The van der Waals surface area contributed by atoms with E-state index in [0.717, 1.165) is 0 Å². The van der Waals surface area contributed by atoms with Crippen LogP contribution in [0.3, 0.4) is 0 Å². The molecule has 4 rings (SSSR count). The minimum Gasteiger partial charge on any atom is -0.543 e. The summed E-state index contributed by atoms with van der Waals surface area (Å²) in [5.41, 5.74) is 0.834. The quantitative estimate of drug-likeness (QED) is 0.277. The summed E-state index contributed by atoms with van der Waals surface area (Å²) >= 11 is 0. The van der Waals surface area contributed by atoms with E-state index in [1.54, 1.807) is 18.0 Å². The molecule has 0 saturated carbocycles. The summed E-state index contributed by atoms with van der Waals surface area (Å²) in [6, 6.07) is -0.862. The summed E-state index contributed by atoms with van der Waals surface area (Å²) in [7, 11) is 1.69. The SMILES string of the molecule is CC(=O)N1CC2CC(/C=C3\CCN(C)C3=O)=C(C(=O)[O-])N3C(=O)C1[C@@H]23.[Na+]. The van der Waals surface area contributed by atoms with Crippen molar-refractivity contribution in [2.45, 2.75) is 31.8 Å². The van der Waals surface area contributed by atoms with E-state index in [4.69, 9.17) is 0 Å². The molecule has 132 valence electrons. The van der Waals surface area contributed by atoms with Crippen molar-refractivity contribution in [1.29, 1.82) is 0 Å². The van der Waals surface area contributed by atoms with Gasteiger partial charge < -0.3 is 24.6 Å². The second-order valence-corrected chi connectivity index (χ2v) is 7.09. The summed E-state index contributed by atoms with van der Waals surface area (Å²) < 4.78 is 0. The normalized spacial score (nSPS) is 31.2. The fourth-order valence-electron chi connectivity index (χ4n) is 4.50. The first-order valence-electron chi connectivity index (χ1n) is 8.32. The molecule has 0 aliphatic carbocycles. The van der Waals surface area contributed by atoms with Crippen molar-refractivity contribution in [2.24, 2.45) is 5.92 Å². The van der Waals surface area contributed by atoms with E-state index in [0.29, 0.717) is 37.1 Å². The van der Waals surface area contributed by atoms with Gasteiger partial charge in [0.15, 0.2) is 0 Å². The molecule has 3 amide bonds. The Labute approximate surface area is 172 Å². The number of nitrogens with zero attached hydrogens (tertiary/aromatic N) is 3. The van der Waals surface area contributed by atoms with Gasteiger partial charge in [0.05, 0.1) is 17.7 Å². The van der Waals surface area contributed by atoms with Crippen LogP contribution in [-0.4, -0.2) is 70.6 Å². The third-order valence-corrected chi connectivity index (χ3v) is 5.67. The minimum atomic E-state index is -1.42. The van der Waals surface area contributed by atoms with Crippen LogP contribution in [0.15, 0.2) is 22.9 Å². The number of amides is 3. The zero-order chi connectivity index (χ0) is 18.0. The number of hydrogen-bond donors (Lipinski definition) is 0. The molecular formula is C17H18N3NaO5. The van der Waals surface area contributed by atoms with Gasteiger partial charge in [-0.05, 0) is 24.5 Å². The minimum absolute atomic E-state index is 0. The molecule has 0 radical (unpaired) electrons. The smallest absolute Gasteiger partial charge is 0.543 e. The number of carboxylic acids is 1. The van der Waals surface area contributed by atoms with Crippen LogP contribution < -0.4 is 34.7 Å². The number of allylic oxidation sites excluding steroid dienone is 2. The molecule has 0 aromatic carbocycles. The molecule has 4 heterocycles. The molecule has 0 aromatic rings. The first-order chi connectivity index (χ1) is 11.8. The maximum Gasteiger partial charge on any atom is 1.00 e. The molecule has 4 aliphatic rings. The van der Waals surface area contributed by atoms with Gasteiger partial charge in [0, 0.05) is 38.6 Å². The number of likely N-dealkylation sites (tertiary alicyclic amines) is 2. The van der Waals surface area contributed by atoms with Gasteiger partial charge in [-0.2, -0.15) is 0 Å². The number of β-lactam (4-membered cyclic amide) rings is 1. The van der Waals surface area contributed by atoms with Gasteiger partial charge in [-0.1, -0.05) is 0 Å². The van der Waals surface area contributed by atoms with Crippen LogP contribution in [-0.2, 0) is 19.2 Å². The summed E-state index contributed by atoms with van der Waals surface area (Å²) in [6.07, 6.45) is 2.56. The number of likely N-dealkylation sites (N-methyl/N-ethyl adjacent to an activating group) is 1. The van der Waals surface area contributed by atoms with E-state index in [1.807, 2.05) is 0 Å². The number of carbonyl (C=O) groups excluding carboxylic acids is 4. The maximum absolute atomic E-state index is 12.5. The molecule has 8 nitrogen and oxygen atoms in total. The average molecular weight is 367 g/mol. The zero-order valence-electron chi connectivity index (χ0n) is 15.0. The van der Waals surface area contributed by atoms with Crippen molar-refractivity contribution in [3.63, 3.8) is 0 Å². The molecule has 3 fully saturated rings. The van der Waals surface area contributed by atoms with Crippen molar-refractivity contribution >= 4 is 23.7 Å². The van der Waals surface area contributed by atoms with Gasteiger partial charge in [-0.3, -0.25) is 14.4 Å². The Balaban J connectivity index is 0.00000196. The first-order valence-corrected chi connectivity index (χ1v) is 8.32. The van der Waals surface area contributed by atoms with E-state index in [2.05, 4.69) is 0 Å². The summed E-state index contributed by atoms with van der Waals surface area (Å²) in [6.45, 7) is 2.43. The monoisotopic (exact) mass is 367 g/mol. The van der Waals surface area contributed by atoms with Crippen LogP contribution in [0.1, 0.15) is 19.8 Å².